The van der Waals surface area contributed by atoms with E-state index in [1.54, 1.807) is 6.92 Å². The number of aliphatic carboxylic acids is 1. The molecule has 0 saturated carbocycles. The van der Waals surface area contributed by atoms with Crippen molar-refractivity contribution in [2.45, 2.75) is 13.0 Å². The molecule has 8 nitrogen and oxygen atoms in total. The zero-order valence-corrected chi connectivity index (χ0v) is 26.7. The van der Waals surface area contributed by atoms with Crippen LogP contribution in [0.4, 0.5) is 0 Å². The second-order valence-corrected chi connectivity index (χ2v) is 11.6. The number of nitrogens with zero attached hydrogens (tertiary/aromatic N) is 3. The van der Waals surface area contributed by atoms with Crippen LogP contribution >= 0.6 is 0 Å². The molecule has 0 aliphatic carbocycles. The minimum atomic E-state index is -1.07. The average Bonchev–Trinajstić information content (AvgIpc) is 3.13. The van der Waals surface area contributed by atoms with Crippen molar-refractivity contribution in [2.24, 2.45) is 5.16 Å². The van der Waals surface area contributed by atoms with E-state index in [0.29, 0.717) is 35.9 Å². The summed E-state index contributed by atoms with van der Waals surface area (Å²) in [6.07, 6.45) is 0. The summed E-state index contributed by atoms with van der Waals surface area (Å²) in [7, 11) is 0. The highest BCUT2D eigenvalue weighted by molar-refractivity contribution is 5.98. The molecule has 1 aliphatic rings. The molecule has 0 radical (unpaired) electrons. The quantitative estimate of drug-likeness (QED) is 0.119. The molecule has 5 aromatic rings. The van der Waals surface area contributed by atoms with Gasteiger partial charge in [0.15, 0.2) is 0 Å². The number of oxime groups is 1. The van der Waals surface area contributed by atoms with Gasteiger partial charge in [0.2, 0.25) is 6.61 Å². The third-order valence-corrected chi connectivity index (χ3v) is 8.39. The first-order valence-corrected chi connectivity index (χ1v) is 15.9. The molecule has 8 heteroatoms. The highest BCUT2D eigenvalue weighted by atomic mass is 16.6. The van der Waals surface area contributed by atoms with Gasteiger partial charge in [0.1, 0.15) is 11.5 Å². The van der Waals surface area contributed by atoms with Crippen molar-refractivity contribution in [1.82, 2.24) is 9.80 Å². The second kappa shape index (κ2) is 15.2. The van der Waals surface area contributed by atoms with E-state index in [0.717, 1.165) is 29.8 Å². The monoisotopic (exact) mass is 639 g/mol. The fourth-order valence-electron chi connectivity index (χ4n) is 5.93. The summed E-state index contributed by atoms with van der Waals surface area (Å²) in [6.45, 7) is 4.17. The van der Waals surface area contributed by atoms with Crippen molar-refractivity contribution in [3.8, 4) is 22.6 Å². The van der Waals surface area contributed by atoms with E-state index in [4.69, 9.17) is 14.7 Å². The predicted octanol–water partition coefficient (Wildman–Crippen LogP) is 7.52. The molecular weight excluding hydrogens is 602 g/mol. The van der Waals surface area contributed by atoms with Crippen LogP contribution in [0.1, 0.15) is 40.0 Å². The number of piperazine rings is 1. The lowest BCUT2D eigenvalue weighted by molar-refractivity contribution is -0.142. The number of ether oxygens (including phenoxy) is 1. The minimum absolute atomic E-state index is 0.0244. The van der Waals surface area contributed by atoms with E-state index in [9.17, 15) is 9.59 Å². The first-order valence-electron chi connectivity index (χ1n) is 15.9. The van der Waals surface area contributed by atoms with Crippen molar-refractivity contribution in [1.29, 1.82) is 0 Å². The van der Waals surface area contributed by atoms with Crippen LogP contribution in [0.15, 0.2) is 139 Å². The summed E-state index contributed by atoms with van der Waals surface area (Å²) in [5.74, 6) is 0.273. The number of rotatable bonds is 11. The van der Waals surface area contributed by atoms with Crippen molar-refractivity contribution < 1.29 is 24.3 Å². The molecule has 1 fully saturated rings. The zero-order chi connectivity index (χ0) is 33.3. The third-order valence-electron chi connectivity index (χ3n) is 8.39. The molecule has 0 unspecified atom stereocenters. The third kappa shape index (κ3) is 7.97. The maximum atomic E-state index is 13.5. The Morgan fingerprint density at radius 3 is 1.90 bits per heavy atom. The minimum Gasteiger partial charge on any atom is -0.479 e. The largest absolute Gasteiger partial charge is 0.479 e. The van der Waals surface area contributed by atoms with Crippen LogP contribution < -0.4 is 4.74 Å². The van der Waals surface area contributed by atoms with Gasteiger partial charge in [0, 0.05) is 31.7 Å². The summed E-state index contributed by atoms with van der Waals surface area (Å²) in [6, 6.07) is 44.1. The fraction of sp³-hybridized carbons (Fsp3) is 0.175. The van der Waals surface area contributed by atoms with Crippen LogP contribution in [0.25, 0.3) is 11.1 Å². The molecule has 48 heavy (non-hydrogen) atoms. The van der Waals surface area contributed by atoms with Gasteiger partial charge in [-0.05, 0) is 71.1 Å². The Balaban J connectivity index is 1.06. The molecule has 1 saturated heterocycles. The van der Waals surface area contributed by atoms with Gasteiger partial charge in [-0.3, -0.25) is 9.69 Å². The number of carboxylic acid groups (broad SMARTS) is 1. The highest BCUT2D eigenvalue weighted by Gasteiger charge is 2.28. The van der Waals surface area contributed by atoms with Gasteiger partial charge in [-0.2, -0.15) is 0 Å². The summed E-state index contributed by atoms with van der Waals surface area (Å²) in [5.41, 5.74) is 6.53. The lowest BCUT2D eigenvalue weighted by Gasteiger charge is -2.39. The number of amides is 1. The standard InChI is InChI=1S/C40H37N3O5/c1-29(41-47-28-38(44)45)30-15-17-31(18-16-30)35-13-8-14-37(27-35)48-36-21-19-34(20-22-36)40(46)43-25-23-42(24-26-43)39(32-9-4-2-5-10-32)33-11-6-3-7-12-33/h2-22,27,39H,23-26,28H2,1H3,(H,44,45). The molecule has 1 heterocycles. The van der Waals surface area contributed by atoms with Crippen LogP contribution in [0, 0.1) is 0 Å². The number of carbonyl (C=O) groups excluding carboxylic acids is 1. The Bertz CT molecular complexity index is 1810. The number of hydrogen-bond donors (Lipinski definition) is 1. The topological polar surface area (TPSA) is 91.7 Å². The summed E-state index contributed by atoms with van der Waals surface area (Å²) < 4.78 is 6.16. The van der Waals surface area contributed by atoms with Crippen LogP contribution in [-0.2, 0) is 9.63 Å². The lowest BCUT2D eigenvalue weighted by atomic mass is 9.96. The Morgan fingerprint density at radius 2 is 1.29 bits per heavy atom. The summed E-state index contributed by atoms with van der Waals surface area (Å²) >= 11 is 0. The molecule has 6 rings (SSSR count). The normalized spacial score (nSPS) is 13.7. The molecule has 0 spiro atoms. The average molecular weight is 640 g/mol. The Kier molecular flexibility index (Phi) is 10.2. The molecule has 5 aromatic carbocycles. The van der Waals surface area contributed by atoms with Gasteiger partial charge in [0.05, 0.1) is 11.8 Å². The Labute approximate surface area is 280 Å². The summed E-state index contributed by atoms with van der Waals surface area (Å²) in [4.78, 5) is 33.3. The van der Waals surface area contributed by atoms with Crippen molar-refractivity contribution >= 4 is 17.6 Å². The molecule has 0 bridgehead atoms. The molecule has 1 N–H and O–H groups in total. The first kappa shape index (κ1) is 32.2. The number of benzene rings is 5. The second-order valence-electron chi connectivity index (χ2n) is 11.6. The van der Waals surface area contributed by atoms with Crippen molar-refractivity contribution in [2.75, 3.05) is 32.8 Å². The van der Waals surface area contributed by atoms with E-state index in [1.807, 2.05) is 89.8 Å². The van der Waals surface area contributed by atoms with Crippen LogP contribution in [0.3, 0.4) is 0 Å². The SMILES string of the molecule is CC(=NOCC(=O)O)c1ccc(-c2cccc(Oc3ccc(C(=O)N4CCN(C(c5ccccc5)c5ccccc5)CC4)cc3)c2)cc1. The van der Waals surface area contributed by atoms with E-state index >= 15 is 0 Å². The highest BCUT2D eigenvalue weighted by Crippen LogP contribution is 2.31. The van der Waals surface area contributed by atoms with Gasteiger partial charge in [0.25, 0.3) is 5.91 Å². The Morgan fingerprint density at radius 1 is 0.688 bits per heavy atom. The van der Waals surface area contributed by atoms with E-state index in [-0.39, 0.29) is 11.9 Å². The smallest absolute Gasteiger partial charge is 0.344 e. The van der Waals surface area contributed by atoms with E-state index < -0.39 is 12.6 Å². The molecule has 0 aromatic heterocycles. The first-order chi connectivity index (χ1) is 23.4. The van der Waals surface area contributed by atoms with E-state index in [1.165, 1.54) is 11.1 Å². The van der Waals surface area contributed by atoms with Crippen molar-refractivity contribution in [3.05, 3.63) is 156 Å². The summed E-state index contributed by atoms with van der Waals surface area (Å²) in [5, 5.41) is 12.6. The van der Waals surface area contributed by atoms with Crippen LogP contribution in [0.2, 0.25) is 0 Å². The maximum absolute atomic E-state index is 13.5. The van der Waals surface area contributed by atoms with Gasteiger partial charge in [-0.15, -0.1) is 0 Å². The molecule has 0 atom stereocenters. The Hall–Kier alpha value is -5.73. The van der Waals surface area contributed by atoms with Gasteiger partial charge in [-0.25, -0.2) is 4.79 Å². The van der Waals surface area contributed by atoms with E-state index in [2.05, 4.69) is 58.6 Å². The predicted molar refractivity (Wildman–Crippen MR) is 186 cm³/mol. The number of carbonyl (C=O) groups is 2. The molecule has 1 amide bonds. The maximum Gasteiger partial charge on any atom is 0.344 e. The van der Waals surface area contributed by atoms with Crippen LogP contribution in [-0.4, -0.2) is 65.3 Å². The molecular formula is C40H37N3O5. The number of carboxylic acids is 1. The van der Waals surface area contributed by atoms with Gasteiger partial charge < -0.3 is 19.6 Å². The van der Waals surface area contributed by atoms with Gasteiger partial charge in [-0.1, -0.05) is 102 Å². The lowest BCUT2D eigenvalue weighted by Crippen LogP contribution is -2.49. The number of hydrogen-bond acceptors (Lipinski definition) is 6. The van der Waals surface area contributed by atoms with Gasteiger partial charge >= 0.3 is 5.97 Å². The molecule has 242 valence electrons. The van der Waals surface area contributed by atoms with Crippen LogP contribution in [0.5, 0.6) is 11.5 Å². The van der Waals surface area contributed by atoms with Crippen molar-refractivity contribution in [3.63, 3.8) is 0 Å². The fourth-order valence-corrected chi connectivity index (χ4v) is 5.93. The molecule has 1 aliphatic heterocycles. The zero-order valence-electron chi connectivity index (χ0n) is 26.7.